The van der Waals surface area contributed by atoms with Crippen LogP contribution in [0.15, 0.2) is 71.8 Å². The van der Waals surface area contributed by atoms with Crippen molar-refractivity contribution >= 4 is 56.7 Å². The predicted molar refractivity (Wildman–Crippen MR) is 132 cm³/mol. The molecule has 1 N–H and O–H groups in total. The Morgan fingerprint density at radius 1 is 1.09 bits per heavy atom. The van der Waals surface area contributed by atoms with Gasteiger partial charge >= 0.3 is 0 Å². The molecule has 9 nitrogen and oxygen atoms in total. The maximum absolute atomic E-state index is 12.4. The van der Waals surface area contributed by atoms with Crippen LogP contribution < -0.4 is 9.73 Å². The summed E-state index contributed by atoms with van der Waals surface area (Å²) in [5.74, 6) is -0.542. The van der Waals surface area contributed by atoms with Gasteiger partial charge in [-0.3, -0.25) is 19.2 Å². The fraction of sp³-hybridized carbons (Fsp3) is 0.0909. The summed E-state index contributed by atoms with van der Waals surface area (Å²) in [6.07, 6.45) is 2.24. The summed E-state index contributed by atoms with van der Waals surface area (Å²) in [6.45, 7) is -0.0311. The van der Waals surface area contributed by atoms with Crippen LogP contribution in [0.2, 0.25) is 10.0 Å². The summed E-state index contributed by atoms with van der Waals surface area (Å²) < 4.78 is 25.9. The third-order valence-corrected chi connectivity index (χ3v) is 6.58. The van der Waals surface area contributed by atoms with E-state index in [-0.39, 0.29) is 39.1 Å². The molecular formula is C22H18Cl2N4O5S. The largest absolute Gasteiger partial charge is 0.278 e. The highest BCUT2D eigenvalue weighted by atomic mass is 35.5. The van der Waals surface area contributed by atoms with Gasteiger partial charge in [-0.25, -0.2) is 13.8 Å². The van der Waals surface area contributed by atoms with Crippen molar-refractivity contribution < 1.29 is 18.1 Å². The van der Waals surface area contributed by atoms with Crippen molar-refractivity contribution in [2.75, 3.05) is 10.6 Å². The van der Waals surface area contributed by atoms with Gasteiger partial charge in [0.2, 0.25) is 10.0 Å². The van der Waals surface area contributed by atoms with Crippen molar-refractivity contribution in [2.45, 2.75) is 6.54 Å². The van der Waals surface area contributed by atoms with Crippen LogP contribution >= 0.6 is 23.2 Å². The molecule has 34 heavy (non-hydrogen) atoms. The van der Waals surface area contributed by atoms with E-state index in [0.717, 1.165) is 10.6 Å². The average molecular weight is 521 g/mol. The summed E-state index contributed by atoms with van der Waals surface area (Å²) in [6, 6.07) is 16.9. The number of nitrogens with zero attached hydrogens (tertiary/aromatic N) is 3. The van der Waals surface area contributed by atoms with Gasteiger partial charge in [0.1, 0.15) is 0 Å². The Balaban J connectivity index is 1.73. The van der Waals surface area contributed by atoms with E-state index in [4.69, 9.17) is 23.2 Å². The number of carbonyl (C=O) groups excluding carboxylic acids is 1. The first kappa shape index (κ1) is 25.2. The van der Waals surface area contributed by atoms with E-state index in [2.05, 4.69) is 10.5 Å². The van der Waals surface area contributed by atoms with Gasteiger partial charge in [-0.1, -0.05) is 53.5 Å². The minimum atomic E-state index is -3.69. The zero-order valence-electron chi connectivity index (χ0n) is 17.7. The van der Waals surface area contributed by atoms with Crippen LogP contribution in [0, 0.1) is 10.1 Å². The number of nitrogens with one attached hydrogen (secondary N) is 1. The monoisotopic (exact) mass is 520 g/mol. The van der Waals surface area contributed by atoms with Crippen molar-refractivity contribution in [3.05, 3.63) is 104 Å². The zero-order valence-corrected chi connectivity index (χ0v) is 20.0. The van der Waals surface area contributed by atoms with Crippen LogP contribution in [0.1, 0.15) is 21.5 Å². The molecule has 0 fully saturated rings. The Bertz CT molecular complexity index is 1360. The maximum Gasteiger partial charge on any atom is 0.278 e. The van der Waals surface area contributed by atoms with E-state index >= 15 is 0 Å². The molecule has 0 spiro atoms. The molecule has 0 radical (unpaired) electrons. The number of carbonyl (C=O) groups is 1. The topological polar surface area (TPSA) is 122 Å². The molecule has 0 aliphatic carbocycles. The van der Waals surface area contributed by atoms with E-state index in [9.17, 15) is 23.3 Å². The van der Waals surface area contributed by atoms with Crippen LogP contribution in [0.3, 0.4) is 0 Å². The number of hydrogen-bond donors (Lipinski definition) is 1. The lowest BCUT2D eigenvalue weighted by Gasteiger charge is -2.24. The molecular weight excluding hydrogens is 503 g/mol. The highest BCUT2D eigenvalue weighted by molar-refractivity contribution is 7.92. The Morgan fingerprint density at radius 3 is 2.41 bits per heavy atom. The fourth-order valence-electron chi connectivity index (χ4n) is 2.98. The number of amides is 1. The minimum Gasteiger partial charge on any atom is -0.267 e. The van der Waals surface area contributed by atoms with E-state index in [1.807, 2.05) is 0 Å². The maximum atomic E-state index is 12.4. The second-order valence-corrected chi connectivity index (χ2v) is 9.75. The number of nitro groups is 1. The quantitative estimate of drug-likeness (QED) is 0.263. The lowest BCUT2D eigenvalue weighted by Crippen LogP contribution is -2.29. The smallest absolute Gasteiger partial charge is 0.267 e. The molecule has 176 valence electrons. The Hall–Kier alpha value is -3.47. The van der Waals surface area contributed by atoms with Crippen molar-refractivity contribution in [3.63, 3.8) is 0 Å². The van der Waals surface area contributed by atoms with Crippen LogP contribution in [0.4, 0.5) is 11.4 Å². The normalized spacial score (nSPS) is 11.4. The predicted octanol–water partition coefficient (Wildman–Crippen LogP) is 4.63. The highest BCUT2D eigenvalue weighted by Gasteiger charge is 2.21. The number of hydrazone groups is 1. The summed E-state index contributed by atoms with van der Waals surface area (Å²) in [5, 5.41) is 15.2. The van der Waals surface area contributed by atoms with Gasteiger partial charge in [-0.15, -0.1) is 0 Å². The van der Waals surface area contributed by atoms with Crippen molar-refractivity contribution in [1.82, 2.24) is 5.43 Å². The van der Waals surface area contributed by atoms with Crippen LogP contribution in [-0.2, 0) is 16.6 Å². The number of rotatable bonds is 8. The van der Waals surface area contributed by atoms with Gasteiger partial charge in [0.15, 0.2) is 0 Å². The van der Waals surface area contributed by atoms with E-state index in [0.29, 0.717) is 5.56 Å². The van der Waals surface area contributed by atoms with Gasteiger partial charge in [-0.2, -0.15) is 5.10 Å². The minimum absolute atomic E-state index is 0.0311. The molecule has 0 heterocycles. The molecule has 12 heteroatoms. The molecule has 3 aromatic rings. The SMILES string of the molecule is CS(=O)(=O)N(Cc1ccc(C(=O)N/N=C\c2ccccc2[N+](=O)[O-])cc1)c1cccc(Cl)c1Cl. The second-order valence-electron chi connectivity index (χ2n) is 7.05. The number of halogens is 2. The molecule has 0 unspecified atom stereocenters. The summed E-state index contributed by atoms with van der Waals surface area (Å²) in [5.41, 5.74) is 3.50. The summed E-state index contributed by atoms with van der Waals surface area (Å²) >= 11 is 12.2. The number of nitro benzene ring substituents is 1. The van der Waals surface area contributed by atoms with Gasteiger partial charge in [0.25, 0.3) is 11.6 Å². The molecule has 0 saturated carbocycles. The van der Waals surface area contributed by atoms with Crippen LogP contribution in [-0.4, -0.2) is 31.7 Å². The molecule has 3 aromatic carbocycles. The Kier molecular flexibility index (Phi) is 7.87. The number of para-hydroxylation sites is 1. The van der Waals surface area contributed by atoms with Crippen LogP contribution in [0.5, 0.6) is 0 Å². The third kappa shape index (κ3) is 6.10. The lowest BCUT2D eigenvalue weighted by molar-refractivity contribution is -0.385. The van der Waals surface area contributed by atoms with Crippen molar-refractivity contribution in [1.29, 1.82) is 0 Å². The first-order valence-corrected chi connectivity index (χ1v) is 12.3. The first-order chi connectivity index (χ1) is 16.1. The molecule has 3 rings (SSSR count). The average Bonchev–Trinajstić information content (AvgIpc) is 2.79. The molecule has 0 aromatic heterocycles. The standard InChI is InChI=1S/C22H18Cl2N4O5S/c1-34(32,33)27(20-8-4-6-18(23)21(20)24)14-15-9-11-16(12-10-15)22(29)26-25-13-17-5-2-3-7-19(17)28(30)31/h2-13H,14H2,1H3,(H,26,29)/b25-13-. The van der Waals surface area contributed by atoms with Crippen molar-refractivity contribution in [2.24, 2.45) is 5.10 Å². The Morgan fingerprint density at radius 2 is 1.76 bits per heavy atom. The number of sulfonamides is 1. The second kappa shape index (κ2) is 10.6. The van der Waals surface area contributed by atoms with Gasteiger partial charge < -0.3 is 0 Å². The Labute approximate surface area is 205 Å². The molecule has 0 aliphatic rings. The third-order valence-electron chi connectivity index (χ3n) is 4.65. The van der Waals surface area contributed by atoms with Crippen LogP contribution in [0.25, 0.3) is 0 Å². The first-order valence-electron chi connectivity index (χ1n) is 9.65. The summed E-state index contributed by atoms with van der Waals surface area (Å²) in [4.78, 5) is 22.8. The van der Waals surface area contributed by atoms with Gasteiger partial charge in [0.05, 0.1) is 45.2 Å². The fourth-order valence-corrected chi connectivity index (χ4v) is 4.32. The molecule has 1 amide bonds. The molecule has 0 atom stereocenters. The number of benzene rings is 3. The molecule has 0 bridgehead atoms. The number of hydrogen-bond acceptors (Lipinski definition) is 6. The van der Waals surface area contributed by atoms with Crippen molar-refractivity contribution in [3.8, 4) is 0 Å². The number of anilines is 1. The highest BCUT2D eigenvalue weighted by Crippen LogP contribution is 2.34. The van der Waals surface area contributed by atoms with Gasteiger partial charge in [-0.05, 0) is 35.9 Å². The molecule has 0 saturated heterocycles. The van der Waals surface area contributed by atoms with E-state index in [1.165, 1.54) is 36.5 Å². The van der Waals surface area contributed by atoms with E-state index in [1.54, 1.807) is 36.4 Å². The molecule has 0 aliphatic heterocycles. The van der Waals surface area contributed by atoms with E-state index < -0.39 is 20.9 Å². The summed E-state index contributed by atoms with van der Waals surface area (Å²) in [7, 11) is -3.69. The zero-order chi connectivity index (χ0) is 24.9. The van der Waals surface area contributed by atoms with Gasteiger partial charge in [0, 0.05) is 11.6 Å². The lowest BCUT2D eigenvalue weighted by atomic mass is 10.1.